The number of aromatic carboxylic acids is 1. The van der Waals surface area contributed by atoms with Crippen LogP contribution in [0.25, 0.3) is 0 Å². The number of carbonyl (C=O) groups is 1. The van der Waals surface area contributed by atoms with Gasteiger partial charge < -0.3 is 9.90 Å². The number of nitrogens with one attached hydrogen (secondary N) is 1. The standard InChI is InChI=1S/C7H14N2.C7H6O2/c1-3-6-4-5(2)7(8)9-6;8-7(9)6-4-2-1-3-5-6/h5-6H,3-4H2,1-2H3,(H2,8,9);1-5H,(H,8,9). The van der Waals surface area contributed by atoms with Gasteiger partial charge in [0.25, 0.3) is 0 Å². The van der Waals surface area contributed by atoms with Crippen molar-refractivity contribution in [3.63, 3.8) is 0 Å². The molecule has 2 unspecified atom stereocenters. The van der Waals surface area contributed by atoms with Crippen molar-refractivity contribution >= 4 is 11.8 Å². The van der Waals surface area contributed by atoms with Crippen LogP contribution in [0, 0.1) is 5.92 Å². The quantitative estimate of drug-likeness (QED) is 0.726. The molecule has 1 heterocycles. The Labute approximate surface area is 108 Å². The highest BCUT2D eigenvalue weighted by atomic mass is 16.4. The molecule has 1 aliphatic heterocycles. The molecule has 0 aliphatic carbocycles. The summed E-state index contributed by atoms with van der Waals surface area (Å²) in [4.78, 5) is 13.3. The fraction of sp³-hybridized carbons (Fsp3) is 0.429. The third-order valence-corrected chi connectivity index (χ3v) is 3.04. The molecular weight excluding hydrogens is 228 g/mol. The SMILES string of the molecule is CCC1CC(C)C(N)=[NH+]1.O=C([O-])c1ccccc1. The van der Waals surface area contributed by atoms with Crippen molar-refractivity contribution < 1.29 is 14.9 Å². The molecular formula is C14H20N2O2. The van der Waals surface area contributed by atoms with Crippen molar-refractivity contribution in [1.29, 1.82) is 0 Å². The van der Waals surface area contributed by atoms with Crippen molar-refractivity contribution in [2.45, 2.75) is 32.7 Å². The minimum Gasteiger partial charge on any atom is -0.545 e. The summed E-state index contributed by atoms with van der Waals surface area (Å²) in [7, 11) is 0. The largest absolute Gasteiger partial charge is 0.545 e. The van der Waals surface area contributed by atoms with Crippen LogP contribution in [0.2, 0.25) is 0 Å². The molecule has 1 aromatic carbocycles. The van der Waals surface area contributed by atoms with E-state index in [0.29, 0.717) is 12.0 Å². The Morgan fingerprint density at radius 3 is 2.33 bits per heavy atom. The molecule has 4 heteroatoms. The second kappa shape index (κ2) is 6.79. The second-order valence-corrected chi connectivity index (χ2v) is 4.50. The van der Waals surface area contributed by atoms with Crippen LogP contribution in [0.1, 0.15) is 37.0 Å². The van der Waals surface area contributed by atoms with Gasteiger partial charge in [-0.2, -0.15) is 0 Å². The van der Waals surface area contributed by atoms with Gasteiger partial charge in [0, 0.05) is 6.42 Å². The first-order valence-electron chi connectivity index (χ1n) is 6.19. The highest BCUT2D eigenvalue weighted by molar-refractivity contribution is 5.85. The molecule has 0 spiro atoms. The van der Waals surface area contributed by atoms with Crippen LogP contribution >= 0.6 is 0 Å². The lowest BCUT2D eigenvalue weighted by Gasteiger charge is -1.97. The lowest BCUT2D eigenvalue weighted by Crippen LogP contribution is -2.77. The smallest absolute Gasteiger partial charge is 0.243 e. The molecule has 0 radical (unpaired) electrons. The maximum Gasteiger partial charge on any atom is 0.243 e. The van der Waals surface area contributed by atoms with Gasteiger partial charge in [-0.1, -0.05) is 44.2 Å². The van der Waals surface area contributed by atoms with Crippen LogP contribution in [0.3, 0.4) is 0 Å². The number of hydrogen-bond donors (Lipinski definition) is 2. The Hall–Kier alpha value is -1.84. The summed E-state index contributed by atoms with van der Waals surface area (Å²) in [5.41, 5.74) is 5.87. The lowest BCUT2D eigenvalue weighted by atomic mass is 10.0. The van der Waals surface area contributed by atoms with E-state index < -0.39 is 5.97 Å². The van der Waals surface area contributed by atoms with Gasteiger partial charge in [0.15, 0.2) is 0 Å². The fourth-order valence-corrected chi connectivity index (χ4v) is 1.83. The van der Waals surface area contributed by atoms with E-state index in [1.165, 1.54) is 25.0 Å². The van der Waals surface area contributed by atoms with Crippen LogP contribution in [0.15, 0.2) is 30.3 Å². The summed E-state index contributed by atoms with van der Waals surface area (Å²) in [5, 5.41) is 10.1. The number of carboxylic acids is 1. The zero-order valence-corrected chi connectivity index (χ0v) is 10.8. The summed E-state index contributed by atoms with van der Waals surface area (Å²) in [6.07, 6.45) is 2.40. The normalized spacial score (nSPS) is 21.8. The molecule has 3 N–H and O–H groups in total. The number of rotatable bonds is 2. The molecule has 0 amide bonds. The number of nitrogens with two attached hydrogens (primary N) is 1. The summed E-state index contributed by atoms with van der Waals surface area (Å²) >= 11 is 0. The average Bonchev–Trinajstić information content (AvgIpc) is 2.71. The van der Waals surface area contributed by atoms with Gasteiger partial charge in [-0.15, -0.1) is 0 Å². The van der Waals surface area contributed by atoms with E-state index >= 15 is 0 Å². The Morgan fingerprint density at radius 2 is 2.06 bits per heavy atom. The number of carboxylic acid groups (broad SMARTS) is 1. The first-order chi connectivity index (χ1) is 8.54. The third kappa shape index (κ3) is 4.20. The van der Waals surface area contributed by atoms with Gasteiger partial charge in [0.1, 0.15) is 0 Å². The number of benzene rings is 1. The molecule has 2 rings (SSSR count). The topological polar surface area (TPSA) is 80.1 Å². The molecule has 1 aromatic rings. The molecule has 0 saturated carbocycles. The lowest BCUT2D eigenvalue weighted by molar-refractivity contribution is -0.494. The van der Waals surface area contributed by atoms with E-state index in [9.17, 15) is 9.90 Å². The minimum absolute atomic E-state index is 0.220. The van der Waals surface area contributed by atoms with Gasteiger partial charge >= 0.3 is 0 Å². The molecule has 0 saturated heterocycles. The molecule has 4 nitrogen and oxygen atoms in total. The van der Waals surface area contributed by atoms with Crippen molar-refractivity contribution in [3.8, 4) is 0 Å². The monoisotopic (exact) mass is 248 g/mol. The van der Waals surface area contributed by atoms with Gasteiger partial charge in [-0.3, -0.25) is 10.7 Å². The maximum absolute atomic E-state index is 10.1. The van der Waals surface area contributed by atoms with Crippen molar-refractivity contribution in [2.75, 3.05) is 0 Å². The van der Waals surface area contributed by atoms with Crippen LogP contribution in [-0.4, -0.2) is 17.8 Å². The Balaban J connectivity index is 0.000000180. The van der Waals surface area contributed by atoms with E-state index in [2.05, 4.69) is 18.8 Å². The molecule has 0 aromatic heterocycles. The predicted octanol–water partition coefficient (Wildman–Crippen LogP) is -0.707. The van der Waals surface area contributed by atoms with Gasteiger partial charge in [-0.25, -0.2) is 0 Å². The zero-order chi connectivity index (χ0) is 13.5. The van der Waals surface area contributed by atoms with Crippen molar-refractivity contribution in [2.24, 2.45) is 11.7 Å². The fourth-order valence-electron chi connectivity index (χ4n) is 1.83. The summed E-state index contributed by atoms with van der Waals surface area (Å²) < 4.78 is 0. The Kier molecular flexibility index (Phi) is 5.36. The highest BCUT2D eigenvalue weighted by Gasteiger charge is 2.25. The van der Waals surface area contributed by atoms with E-state index in [0.717, 1.165) is 5.84 Å². The van der Waals surface area contributed by atoms with Crippen LogP contribution in [0.4, 0.5) is 0 Å². The number of amidine groups is 1. The molecule has 98 valence electrons. The number of carbonyl (C=O) groups excluding carboxylic acids is 1. The Morgan fingerprint density at radius 1 is 1.44 bits per heavy atom. The van der Waals surface area contributed by atoms with Crippen molar-refractivity contribution in [1.82, 2.24) is 0 Å². The highest BCUT2D eigenvalue weighted by Crippen LogP contribution is 2.07. The maximum atomic E-state index is 10.1. The van der Waals surface area contributed by atoms with Gasteiger partial charge in [-0.05, 0) is 12.0 Å². The summed E-state index contributed by atoms with van der Waals surface area (Å²) in [6.45, 7) is 4.35. The van der Waals surface area contributed by atoms with E-state index in [-0.39, 0.29) is 5.56 Å². The van der Waals surface area contributed by atoms with Crippen LogP contribution < -0.4 is 15.8 Å². The average molecular weight is 248 g/mol. The molecule has 0 fully saturated rings. The summed E-state index contributed by atoms with van der Waals surface area (Å²) in [6, 6.07) is 8.70. The first-order valence-corrected chi connectivity index (χ1v) is 6.19. The molecule has 1 aliphatic rings. The molecule has 2 atom stereocenters. The van der Waals surface area contributed by atoms with Gasteiger partial charge in [0.05, 0.1) is 17.9 Å². The third-order valence-electron chi connectivity index (χ3n) is 3.04. The van der Waals surface area contributed by atoms with E-state index in [1.54, 1.807) is 18.2 Å². The Bertz CT molecular complexity index is 415. The van der Waals surface area contributed by atoms with E-state index in [4.69, 9.17) is 5.73 Å². The van der Waals surface area contributed by atoms with Crippen LogP contribution in [-0.2, 0) is 0 Å². The predicted molar refractivity (Wildman–Crippen MR) is 68.8 cm³/mol. The second-order valence-electron chi connectivity index (χ2n) is 4.50. The van der Waals surface area contributed by atoms with Crippen molar-refractivity contribution in [3.05, 3.63) is 35.9 Å². The first kappa shape index (κ1) is 14.2. The zero-order valence-electron chi connectivity index (χ0n) is 10.8. The molecule has 0 bridgehead atoms. The van der Waals surface area contributed by atoms with Crippen LogP contribution in [0.5, 0.6) is 0 Å². The minimum atomic E-state index is -1.13. The molecule has 18 heavy (non-hydrogen) atoms. The number of hydrogen-bond acceptors (Lipinski definition) is 3. The summed E-state index contributed by atoms with van der Waals surface area (Å²) in [5.74, 6) is 0.424. The van der Waals surface area contributed by atoms with Gasteiger partial charge in [0.2, 0.25) is 5.84 Å². The van der Waals surface area contributed by atoms with E-state index in [1.807, 2.05) is 0 Å².